The predicted molar refractivity (Wildman–Crippen MR) is 46.6 cm³/mol. The number of halogens is 2. The zero-order chi connectivity index (χ0) is 6.69. The fourth-order valence-corrected chi connectivity index (χ4v) is 0.889. The molecule has 1 aromatic carbocycles. The van der Waals surface area contributed by atoms with E-state index in [0.29, 0.717) is 0 Å². The molecule has 0 bridgehead atoms. The van der Waals surface area contributed by atoms with E-state index in [1.165, 1.54) is 0 Å². The van der Waals surface area contributed by atoms with Crippen LogP contribution in [0.15, 0.2) is 30.3 Å². The molecular weight excluding hydrogens is 178 g/mol. The van der Waals surface area contributed by atoms with Crippen molar-refractivity contribution in [3.63, 3.8) is 0 Å². The monoisotopic (exact) mass is 183 g/mol. The molecule has 0 aliphatic rings. The number of benzene rings is 1. The molecule has 0 spiro atoms. The van der Waals surface area contributed by atoms with Gasteiger partial charge in [0, 0.05) is 29.6 Å². The maximum absolute atomic E-state index is 5.57. The summed E-state index contributed by atoms with van der Waals surface area (Å²) in [5.74, 6) is 0. The van der Waals surface area contributed by atoms with E-state index in [9.17, 15) is 0 Å². The summed E-state index contributed by atoms with van der Waals surface area (Å²) in [7, 11) is 0. The van der Waals surface area contributed by atoms with Crippen LogP contribution in [0.2, 0.25) is 0 Å². The Labute approximate surface area is 92.8 Å². The molecule has 1 rings (SSSR count). The Morgan fingerprint density at radius 3 is 1.80 bits per heavy atom. The van der Waals surface area contributed by atoms with Crippen LogP contribution in [0.25, 0.3) is 0 Å². The first-order valence-electron chi connectivity index (χ1n) is 2.64. The van der Waals surface area contributed by atoms with Crippen molar-refractivity contribution in [2.45, 2.75) is 4.84 Å². The average molecular weight is 184 g/mol. The van der Waals surface area contributed by atoms with Gasteiger partial charge in [-0.15, -0.1) is 23.2 Å². The van der Waals surface area contributed by atoms with Gasteiger partial charge >= 0.3 is 0 Å². The van der Waals surface area contributed by atoms with Crippen LogP contribution in [0.1, 0.15) is 10.4 Å². The molecule has 0 atom stereocenters. The van der Waals surface area contributed by atoms with Crippen LogP contribution in [-0.4, -0.2) is 29.6 Å². The third kappa shape index (κ3) is 3.27. The van der Waals surface area contributed by atoms with Crippen molar-refractivity contribution in [2.75, 3.05) is 0 Å². The van der Waals surface area contributed by atoms with Crippen molar-refractivity contribution in [3.8, 4) is 0 Å². The van der Waals surface area contributed by atoms with E-state index in [0.717, 1.165) is 5.56 Å². The molecule has 0 saturated heterocycles. The first-order chi connectivity index (χ1) is 4.30. The summed E-state index contributed by atoms with van der Waals surface area (Å²) in [4.78, 5) is -0.397. The van der Waals surface area contributed by atoms with Crippen molar-refractivity contribution in [1.29, 1.82) is 0 Å². The molecule has 1 aromatic rings. The largest absolute Gasteiger partial charge is 0.132 e. The molecule has 0 aliphatic heterocycles. The summed E-state index contributed by atoms with van der Waals surface area (Å²) < 4.78 is 0. The molecule has 0 nitrogen and oxygen atoms in total. The summed E-state index contributed by atoms with van der Waals surface area (Å²) >= 11 is 11.1. The van der Waals surface area contributed by atoms with E-state index in [1.807, 2.05) is 30.3 Å². The van der Waals surface area contributed by atoms with E-state index < -0.39 is 4.84 Å². The van der Waals surface area contributed by atoms with E-state index in [2.05, 4.69) is 0 Å². The molecule has 1 radical (unpaired) electrons. The van der Waals surface area contributed by atoms with Crippen molar-refractivity contribution in [1.82, 2.24) is 0 Å². The summed E-state index contributed by atoms with van der Waals surface area (Å²) in [6.07, 6.45) is 0. The minimum atomic E-state index is -0.397. The Hall–Kier alpha value is 0.800. The van der Waals surface area contributed by atoms with E-state index in [1.54, 1.807) is 0 Å². The van der Waals surface area contributed by atoms with Gasteiger partial charge in [0.05, 0.1) is 0 Å². The zero-order valence-corrected chi connectivity index (χ0v) is 9.23. The van der Waals surface area contributed by atoms with Crippen molar-refractivity contribution in [3.05, 3.63) is 35.9 Å². The smallest absolute Gasteiger partial charge is 0.100 e. The second-order valence-corrected chi connectivity index (χ2v) is 2.81. The molecule has 0 aliphatic carbocycles. The molecular formula is C7H6Cl2Na. The number of hydrogen-bond acceptors (Lipinski definition) is 0. The fourth-order valence-electron chi connectivity index (χ4n) is 0.599. The van der Waals surface area contributed by atoms with E-state index in [4.69, 9.17) is 23.2 Å². The second kappa shape index (κ2) is 5.45. The van der Waals surface area contributed by atoms with Crippen LogP contribution in [0.3, 0.4) is 0 Å². The molecule has 0 heterocycles. The number of alkyl halides is 2. The molecule has 10 heavy (non-hydrogen) atoms. The minimum Gasteiger partial charge on any atom is -0.100 e. The average Bonchev–Trinajstić information content (AvgIpc) is 1.90. The number of rotatable bonds is 1. The van der Waals surface area contributed by atoms with Crippen LogP contribution in [-0.2, 0) is 0 Å². The zero-order valence-electron chi connectivity index (χ0n) is 5.72. The minimum absolute atomic E-state index is 0. The van der Waals surface area contributed by atoms with Gasteiger partial charge < -0.3 is 0 Å². The maximum Gasteiger partial charge on any atom is 0.132 e. The molecule has 0 unspecified atom stereocenters. The Morgan fingerprint density at radius 2 is 1.50 bits per heavy atom. The second-order valence-electron chi connectivity index (χ2n) is 1.71. The predicted octanol–water partition coefficient (Wildman–Crippen LogP) is 2.78. The Morgan fingerprint density at radius 1 is 1.00 bits per heavy atom. The van der Waals surface area contributed by atoms with Crippen LogP contribution in [0.5, 0.6) is 0 Å². The third-order valence-electron chi connectivity index (χ3n) is 1.05. The first-order valence-corrected chi connectivity index (χ1v) is 3.51. The van der Waals surface area contributed by atoms with Gasteiger partial charge in [0.25, 0.3) is 0 Å². The topological polar surface area (TPSA) is 0 Å². The van der Waals surface area contributed by atoms with Gasteiger partial charge in [0.2, 0.25) is 0 Å². The molecule has 49 valence electrons. The Kier molecular flexibility index (Phi) is 5.89. The molecule has 0 saturated carbocycles. The molecule has 0 aromatic heterocycles. The molecule has 0 amide bonds. The summed E-state index contributed by atoms with van der Waals surface area (Å²) in [6, 6.07) is 9.54. The van der Waals surface area contributed by atoms with Crippen molar-refractivity contribution < 1.29 is 0 Å². The normalized spacial score (nSPS) is 9.10. The van der Waals surface area contributed by atoms with Gasteiger partial charge in [-0.25, -0.2) is 0 Å². The van der Waals surface area contributed by atoms with Crippen LogP contribution >= 0.6 is 23.2 Å². The summed E-state index contributed by atoms with van der Waals surface area (Å²) in [5, 5.41) is 0. The van der Waals surface area contributed by atoms with Crippen LogP contribution < -0.4 is 0 Å². The van der Waals surface area contributed by atoms with E-state index >= 15 is 0 Å². The van der Waals surface area contributed by atoms with Crippen molar-refractivity contribution >= 4 is 52.8 Å². The van der Waals surface area contributed by atoms with Crippen molar-refractivity contribution in [2.24, 2.45) is 0 Å². The van der Waals surface area contributed by atoms with Gasteiger partial charge in [-0.3, -0.25) is 0 Å². The Balaban J connectivity index is 0.000000810. The SMILES string of the molecule is ClC(Cl)c1ccccc1.[Na]. The first kappa shape index (κ1) is 10.8. The third-order valence-corrected chi connectivity index (χ3v) is 1.56. The van der Waals surface area contributed by atoms with Crippen LogP contribution in [0, 0.1) is 0 Å². The molecule has 3 heteroatoms. The van der Waals surface area contributed by atoms with Gasteiger partial charge in [-0.05, 0) is 5.56 Å². The van der Waals surface area contributed by atoms with Gasteiger partial charge in [-0.1, -0.05) is 30.3 Å². The van der Waals surface area contributed by atoms with Gasteiger partial charge in [-0.2, -0.15) is 0 Å². The molecule has 0 N–H and O–H groups in total. The Bertz CT molecular complexity index is 174. The fraction of sp³-hybridized carbons (Fsp3) is 0.143. The summed E-state index contributed by atoms with van der Waals surface area (Å²) in [5.41, 5.74) is 0.945. The van der Waals surface area contributed by atoms with E-state index in [-0.39, 0.29) is 29.6 Å². The number of hydrogen-bond donors (Lipinski definition) is 0. The molecule has 0 fully saturated rings. The standard InChI is InChI=1S/C7H6Cl2.Na/c8-7(9)6-4-2-1-3-5-6;/h1-5,7H;. The van der Waals surface area contributed by atoms with Crippen LogP contribution in [0.4, 0.5) is 0 Å². The maximum atomic E-state index is 5.57. The quantitative estimate of drug-likeness (QED) is 0.465. The van der Waals surface area contributed by atoms with Gasteiger partial charge in [0.1, 0.15) is 4.84 Å². The van der Waals surface area contributed by atoms with Gasteiger partial charge in [0.15, 0.2) is 0 Å². The summed E-state index contributed by atoms with van der Waals surface area (Å²) in [6.45, 7) is 0.